The first-order chi connectivity index (χ1) is 13.0. The Labute approximate surface area is 159 Å². The minimum absolute atomic E-state index is 0.118. The molecule has 1 N–H and O–H groups in total. The Kier molecular flexibility index (Phi) is 5.96. The van der Waals surface area contributed by atoms with Gasteiger partial charge >= 0.3 is 0 Å². The molecule has 0 spiro atoms. The Bertz CT molecular complexity index is 825. The summed E-state index contributed by atoms with van der Waals surface area (Å²) in [6.07, 6.45) is 0.946. The van der Waals surface area contributed by atoms with Crippen LogP contribution in [0, 0.1) is 5.82 Å². The molecular formula is C21H25FN2O3. The molecule has 0 bridgehead atoms. The fourth-order valence-electron chi connectivity index (χ4n) is 3.22. The van der Waals surface area contributed by atoms with Crippen LogP contribution in [0.5, 0.6) is 11.5 Å². The second-order valence-electron chi connectivity index (χ2n) is 6.83. The number of anilines is 1. The van der Waals surface area contributed by atoms with Gasteiger partial charge < -0.3 is 14.8 Å². The summed E-state index contributed by atoms with van der Waals surface area (Å²) in [7, 11) is 1.78. The molecule has 0 saturated carbocycles. The van der Waals surface area contributed by atoms with Crippen molar-refractivity contribution < 1.29 is 18.7 Å². The number of likely N-dealkylation sites (N-methyl/N-ethyl adjacent to an activating group) is 1. The van der Waals surface area contributed by atoms with Gasteiger partial charge in [-0.05, 0) is 33.0 Å². The summed E-state index contributed by atoms with van der Waals surface area (Å²) in [6, 6.07) is 10.3. The zero-order chi connectivity index (χ0) is 19.4. The monoisotopic (exact) mass is 372 g/mol. The van der Waals surface area contributed by atoms with Gasteiger partial charge in [-0.15, -0.1) is 0 Å². The van der Waals surface area contributed by atoms with Crippen molar-refractivity contribution in [2.75, 3.05) is 25.5 Å². The molecule has 1 aliphatic rings. The number of nitrogens with zero attached hydrogens (tertiary/aromatic N) is 1. The van der Waals surface area contributed by atoms with Crippen molar-refractivity contribution in [3.63, 3.8) is 0 Å². The average molecular weight is 372 g/mol. The average Bonchev–Trinajstić information content (AvgIpc) is 2.96. The van der Waals surface area contributed by atoms with Gasteiger partial charge in [0, 0.05) is 30.2 Å². The van der Waals surface area contributed by atoms with Gasteiger partial charge in [-0.3, -0.25) is 9.69 Å². The van der Waals surface area contributed by atoms with Gasteiger partial charge in [0.25, 0.3) is 0 Å². The van der Waals surface area contributed by atoms with Crippen LogP contribution >= 0.6 is 0 Å². The number of fused-ring (bicyclic) bond motifs is 1. The Morgan fingerprint density at radius 3 is 2.89 bits per heavy atom. The minimum Gasteiger partial charge on any atom is -0.492 e. The maximum atomic E-state index is 13.8. The third-order valence-electron chi connectivity index (χ3n) is 4.38. The van der Waals surface area contributed by atoms with Gasteiger partial charge in [-0.1, -0.05) is 18.2 Å². The second-order valence-corrected chi connectivity index (χ2v) is 6.83. The van der Waals surface area contributed by atoms with Crippen molar-refractivity contribution in [2.24, 2.45) is 0 Å². The lowest BCUT2D eigenvalue weighted by atomic mass is 10.1. The number of nitrogens with one attached hydrogen (secondary N) is 1. The van der Waals surface area contributed by atoms with Crippen molar-refractivity contribution in [3.05, 3.63) is 53.3 Å². The fraction of sp³-hybridized carbons (Fsp3) is 0.381. The zero-order valence-electron chi connectivity index (χ0n) is 15.9. The molecule has 0 saturated heterocycles. The molecule has 5 nitrogen and oxygen atoms in total. The Morgan fingerprint density at radius 1 is 1.37 bits per heavy atom. The summed E-state index contributed by atoms with van der Waals surface area (Å²) in [4.78, 5) is 14.2. The highest BCUT2D eigenvalue weighted by Crippen LogP contribution is 2.38. The Hall–Kier alpha value is -2.60. The third-order valence-corrected chi connectivity index (χ3v) is 4.38. The van der Waals surface area contributed by atoms with Crippen molar-refractivity contribution in [1.29, 1.82) is 0 Å². The van der Waals surface area contributed by atoms with Crippen LogP contribution < -0.4 is 14.8 Å². The molecule has 2 aromatic rings. The molecule has 1 heterocycles. The van der Waals surface area contributed by atoms with Gasteiger partial charge in [0.1, 0.15) is 23.4 Å². The van der Waals surface area contributed by atoms with Crippen LogP contribution in [-0.4, -0.2) is 37.1 Å². The molecule has 27 heavy (non-hydrogen) atoms. The largest absolute Gasteiger partial charge is 0.492 e. The van der Waals surface area contributed by atoms with E-state index >= 15 is 0 Å². The molecule has 1 amide bonds. The highest BCUT2D eigenvalue weighted by molar-refractivity contribution is 5.94. The molecular weight excluding hydrogens is 347 g/mol. The van der Waals surface area contributed by atoms with Gasteiger partial charge in [0.05, 0.1) is 18.8 Å². The van der Waals surface area contributed by atoms with E-state index in [-0.39, 0.29) is 24.4 Å². The van der Waals surface area contributed by atoms with E-state index < -0.39 is 0 Å². The van der Waals surface area contributed by atoms with Crippen LogP contribution in [0.2, 0.25) is 0 Å². The van der Waals surface area contributed by atoms with E-state index in [2.05, 4.69) is 5.32 Å². The van der Waals surface area contributed by atoms with Gasteiger partial charge in [-0.2, -0.15) is 0 Å². The number of hydrogen-bond donors (Lipinski definition) is 1. The molecule has 0 fully saturated rings. The second kappa shape index (κ2) is 8.39. The number of rotatable bonds is 7. The summed E-state index contributed by atoms with van der Waals surface area (Å²) in [5.41, 5.74) is 2.23. The molecule has 144 valence electrons. The lowest BCUT2D eigenvalue weighted by molar-refractivity contribution is -0.117. The van der Waals surface area contributed by atoms with Crippen LogP contribution in [0.3, 0.4) is 0 Å². The van der Waals surface area contributed by atoms with Crippen LogP contribution in [0.25, 0.3) is 0 Å². The van der Waals surface area contributed by atoms with E-state index in [4.69, 9.17) is 9.47 Å². The first-order valence-corrected chi connectivity index (χ1v) is 9.14. The van der Waals surface area contributed by atoms with Gasteiger partial charge in [0.2, 0.25) is 5.91 Å². The predicted octanol–water partition coefficient (Wildman–Crippen LogP) is 3.62. The molecule has 3 rings (SSSR count). The summed E-state index contributed by atoms with van der Waals surface area (Å²) in [6.45, 7) is 4.90. The summed E-state index contributed by atoms with van der Waals surface area (Å²) < 4.78 is 25.2. The number of carbonyl (C=O) groups is 1. The summed E-state index contributed by atoms with van der Waals surface area (Å²) in [5.74, 6) is 0.953. The van der Waals surface area contributed by atoms with Crippen molar-refractivity contribution >= 4 is 11.6 Å². The van der Waals surface area contributed by atoms with Crippen LogP contribution in [-0.2, 0) is 17.8 Å². The highest BCUT2D eigenvalue weighted by atomic mass is 19.1. The van der Waals surface area contributed by atoms with Crippen LogP contribution in [0.4, 0.5) is 10.1 Å². The standard InChI is InChI=1S/C21H25FN2O3/c1-4-26-20-10-16-9-14(2)27-19(16)11-18(20)23-21(25)13-24(3)12-15-7-5-6-8-17(15)22/h5-8,10-11,14H,4,9,12-13H2,1-3H3,(H,23,25). The molecule has 0 aromatic heterocycles. The Balaban J connectivity index is 1.66. The lowest BCUT2D eigenvalue weighted by Crippen LogP contribution is -2.30. The Morgan fingerprint density at radius 2 is 2.15 bits per heavy atom. The summed E-state index contributed by atoms with van der Waals surface area (Å²) in [5, 5.41) is 2.89. The van der Waals surface area contributed by atoms with E-state index in [1.54, 1.807) is 30.1 Å². The smallest absolute Gasteiger partial charge is 0.238 e. The molecule has 1 unspecified atom stereocenters. The molecule has 6 heteroatoms. The number of carbonyl (C=O) groups excluding carboxylic acids is 1. The van der Waals surface area contributed by atoms with Gasteiger partial charge in [-0.25, -0.2) is 4.39 Å². The normalized spacial score (nSPS) is 15.4. The van der Waals surface area contributed by atoms with Gasteiger partial charge in [0.15, 0.2) is 0 Å². The van der Waals surface area contributed by atoms with E-state index in [1.165, 1.54) is 6.07 Å². The minimum atomic E-state index is -0.270. The molecule has 1 atom stereocenters. The predicted molar refractivity (Wildman–Crippen MR) is 103 cm³/mol. The van der Waals surface area contributed by atoms with Crippen molar-refractivity contribution in [2.45, 2.75) is 32.9 Å². The van der Waals surface area contributed by atoms with Crippen LogP contribution in [0.1, 0.15) is 25.0 Å². The summed E-state index contributed by atoms with van der Waals surface area (Å²) >= 11 is 0. The maximum absolute atomic E-state index is 13.8. The fourth-order valence-corrected chi connectivity index (χ4v) is 3.22. The topological polar surface area (TPSA) is 50.8 Å². The molecule has 2 aromatic carbocycles. The van der Waals surface area contributed by atoms with Crippen molar-refractivity contribution in [1.82, 2.24) is 4.90 Å². The molecule has 1 aliphatic heterocycles. The third kappa shape index (κ3) is 4.77. The van der Waals surface area contributed by atoms with E-state index in [0.29, 0.717) is 30.2 Å². The highest BCUT2D eigenvalue weighted by Gasteiger charge is 2.22. The first kappa shape index (κ1) is 19.2. The van der Waals surface area contributed by atoms with Crippen molar-refractivity contribution in [3.8, 4) is 11.5 Å². The maximum Gasteiger partial charge on any atom is 0.238 e. The zero-order valence-corrected chi connectivity index (χ0v) is 15.9. The number of amides is 1. The number of hydrogen-bond acceptors (Lipinski definition) is 4. The quantitative estimate of drug-likeness (QED) is 0.807. The molecule has 0 radical (unpaired) electrons. The number of benzene rings is 2. The van der Waals surface area contributed by atoms with E-state index in [1.807, 2.05) is 26.0 Å². The number of halogens is 1. The lowest BCUT2D eigenvalue weighted by Gasteiger charge is -2.18. The molecule has 0 aliphatic carbocycles. The first-order valence-electron chi connectivity index (χ1n) is 9.14. The van der Waals surface area contributed by atoms with E-state index in [9.17, 15) is 9.18 Å². The number of ether oxygens (including phenoxy) is 2. The van der Waals surface area contributed by atoms with E-state index in [0.717, 1.165) is 17.7 Å². The SMILES string of the molecule is CCOc1cc2c(cc1NC(=O)CN(C)Cc1ccccc1F)OC(C)C2. The van der Waals surface area contributed by atoms with Crippen LogP contribution in [0.15, 0.2) is 36.4 Å².